The Hall–Kier alpha value is -1.96. The second-order valence-electron chi connectivity index (χ2n) is 3.02. The van der Waals surface area contributed by atoms with Gasteiger partial charge in [-0.05, 0) is 6.92 Å². The number of nitro groups is 1. The van der Waals surface area contributed by atoms with E-state index < -0.39 is 22.6 Å². The van der Waals surface area contributed by atoms with Crippen LogP contribution in [0.4, 0.5) is 11.6 Å². The lowest BCUT2D eigenvalue weighted by molar-refractivity contribution is -0.385. The van der Waals surface area contributed by atoms with Crippen molar-refractivity contribution in [1.29, 1.82) is 0 Å². The van der Waals surface area contributed by atoms with Crippen LogP contribution in [-0.4, -0.2) is 34.0 Å². The van der Waals surface area contributed by atoms with E-state index in [1.165, 1.54) is 14.0 Å². The summed E-state index contributed by atoms with van der Waals surface area (Å²) in [5.74, 6) is -0.499. The molecule has 0 unspecified atom stereocenters. The van der Waals surface area contributed by atoms with Crippen LogP contribution in [0.1, 0.15) is 6.92 Å². The van der Waals surface area contributed by atoms with Gasteiger partial charge in [-0.15, -0.1) is 0 Å². The molecule has 0 bridgehead atoms. The van der Waals surface area contributed by atoms with Crippen molar-refractivity contribution in [2.75, 3.05) is 12.4 Å². The van der Waals surface area contributed by atoms with Gasteiger partial charge in [0, 0.05) is 0 Å². The maximum absolute atomic E-state index is 11.1. The minimum atomic E-state index is -0.699. The lowest BCUT2D eigenvalue weighted by Crippen LogP contribution is -2.28. The van der Waals surface area contributed by atoms with E-state index in [1.807, 2.05) is 0 Å². The molecule has 0 aromatic carbocycles. The molecule has 9 heteroatoms. The van der Waals surface area contributed by atoms with Crippen LogP contribution in [-0.2, 0) is 9.53 Å². The highest BCUT2D eigenvalue weighted by Crippen LogP contribution is 2.21. The third-order valence-corrected chi connectivity index (χ3v) is 2.10. The summed E-state index contributed by atoms with van der Waals surface area (Å²) in [6, 6.07) is -0.683. The van der Waals surface area contributed by atoms with E-state index in [4.69, 9.17) is 11.6 Å². The summed E-state index contributed by atoms with van der Waals surface area (Å²) in [4.78, 5) is 28.2. The van der Waals surface area contributed by atoms with Gasteiger partial charge in [0.1, 0.15) is 12.2 Å². The number of halogens is 1. The van der Waals surface area contributed by atoms with Crippen molar-refractivity contribution >= 4 is 29.2 Å². The van der Waals surface area contributed by atoms with E-state index in [9.17, 15) is 14.9 Å². The van der Waals surface area contributed by atoms with Crippen LogP contribution in [0.25, 0.3) is 0 Å². The Morgan fingerprint density at radius 2 is 2.35 bits per heavy atom. The molecule has 0 saturated heterocycles. The molecule has 0 amide bonds. The highest BCUT2D eigenvalue weighted by atomic mass is 35.5. The predicted molar refractivity (Wildman–Crippen MR) is 58.8 cm³/mol. The molecule has 0 aliphatic carbocycles. The molecule has 17 heavy (non-hydrogen) atoms. The third-order valence-electron chi connectivity index (χ3n) is 1.82. The van der Waals surface area contributed by atoms with Crippen LogP contribution >= 0.6 is 11.6 Å². The number of carbonyl (C=O) groups is 1. The number of carbonyl (C=O) groups excluding carboxylic acids is 1. The molecule has 1 atom stereocenters. The number of esters is 1. The number of methoxy groups -OCH3 is 1. The predicted octanol–water partition coefficient (Wildman–Crippen LogP) is 1.01. The van der Waals surface area contributed by atoms with Crippen molar-refractivity contribution in [3.8, 4) is 0 Å². The quantitative estimate of drug-likeness (QED) is 0.372. The second-order valence-corrected chi connectivity index (χ2v) is 3.37. The van der Waals surface area contributed by atoms with Crippen LogP contribution in [0.15, 0.2) is 6.20 Å². The van der Waals surface area contributed by atoms with Gasteiger partial charge in [-0.3, -0.25) is 10.1 Å². The fraction of sp³-hybridized carbons (Fsp3) is 0.375. The Balaban J connectivity index is 2.84. The summed E-state index contributed by atoms with van der Waals surface area (Å²) in [6.45, 7) is 1.53. The van der Waals surface area contributed by atoms with Crippen LogP contribution < -0.4 is 5.32 Å². The van der Waals surface area contributed by atoms with Crippen molar-refractivity contribution in [2.24, 2.45) is 0 Å². The first kappa shape index (κ1) is 13.1. The summed E-state index contributed by atoms with van der Waals surface area (Å²) < 4.78 is 4.48. The van der Waals surface area contributed by atoms with E-state index in [0.717, 1.165) is 6.20 Å². The van der Waals surface area contributed by atoms with Gasteiger partial charge in [0.05, 0.1) is 12.0 Å². The molecule has 0 aliphatic heterocycles. The molecule has 1 aromatic heterocycles. The number of nitrogens with zero attached hydrogens (tertiary/aromatic N) is 3. The first-order chi connectivity index (χ1) is 7.95. The molecular formula is C8H9ClN4O4. The molecule has 1 N–H and O–H groups in total. The minimum Gasteiger partial charge on any atom is -0.467 e. The zero-order valence-corrected chi connectivity index (χ0v) is 9.76. The summed E-state index contributed by atoms with van der Waals surface area (Å²) in [7, 11) is 1.24. The molecule has 0 aliphatic rings. The highest BCUT2D eigenvalue weighted by Gasteiger charge is 2.18. The Kier molecular flexibility index (Phi) is 4.16. The average Bonchev–Trinajstić information content (AvgIpc) is 2.27. The molecule has 0 fully saturated rings. The number of rotatable bonds is 4. The van der Waals surface area contributed by atoms with Gasteiger partial charge in [-0.2, -0.15) is 4.98 Å². The Labute approximate surface area is 101 Å². The third kappa shape index (κ3) is 3.25. The maximum atomic E-state index is 11.1. The van der Waals surface area contributed by atoms with Gasteiger partial charge in [-0.25, -0.2) is 9.78 Å². The Morgan fingerprint density at radius 1 is 1.71 bits per heavy atom. The Bertz CT molecular complexity index is 453. The first-order valence-corrected chi connectivity index (χ1v) is 4.84. The summed E-state index contributed by atoms with van der Waals surface area (Å²) in [6.07, 6.45) is 0.960. The van der Waals surface area contributed by atoms with E-state index >= 15 is 0 Å². The van der Waals surface area contributed by atoms with Crippen LogP contribution in [0.5, 0.6) is 0 Å². The van der Waals surface area contributed by atoms with Gasteiger partial charge in [0.15, 0.2) is 0 Å². The van der Waals surface area contributed by atoms with E-state index in [-0.39, 0.29) is 11.1 Å². The number of ether oxygens (including phenoxy) is 1. The monoisotopic (exact) mass is 260 g/mol. The number of nitrogens with one attached hydrogen (secondary N) is 1. The fourth-order valence-electron chi connectivity index (χ4n) is 0.976. The van der Waals surface area contributed by atoms with E-state index in [0.29, 0.717) is 0 Å². The molecule has 0 spiro atoms. The van der Waals surface area contributed by atoms with Gasteiger partial charge in [-0.1, -0.05) is 11.6 Å². The SMILES string of the molecule is COC(=O)[C@H](C)Nc1ncc([N+](=O)[O-])c(Cl)n1. The molecule has 1 rings (SSSR count). The number of aromatic nitrogens is 2. The largest absolute Gasteiger partial charge is 0.467 e. The van der Waals surface area contributed by atoms with Crippen molar-refractivity contribution in [2.45, 2.75) is 13.0 Å². The first-order valence-electron chi connectivity index (χ1n) is 4.47. The van der Waals surface area contributed by atoms with Crippen LogP contribution in [0, 0.1) is 10.1 Å². The molecule has 0 saturated carbocycles. The summed E-state index contributed by atoms with van der Waals surface area (Å²) in [5, 5.41) is 12.8. The fourth-order valence-corrected chi connectivity index (χ4v) is 1.17. The van der Waals surface area contributed by atoms with E-state index in [1.54, 1.807) is 0 Å². The van der Waals surface area contributed by atoms with Crippen molar-refractivity contribution in [3.05, 3.63) is 21.5 Å². The van der Waals surface area contributed by atoms with Crippen molar-refractivity contribution in [3.63, 3.8) is 0 Å². The standard InChI is InChI=1S/C8H9ClN4O4/c1-4(7(14)17-2)11-8-10-3-5(13(15)16)6(9)12-8/h3-4H,1-2H3,(H,10,11,12)/t4-/m0/s1. The zero-order chi connectivity index (χ0) is 13.0. The molecule has 8 nitrogen and oxygen atoms in total. The van der Waals surface area contributed by atoms with Crippen LogP contribution in [0.2, 0.25) is 5.15 Å². The maximum Gasteiger partial charge on any atom is 0.328 e. The van der Waals surface area contributed by atoms with Crippen LogP contribution in [0.3, 0.4) is 0 Å². The summed E-state index contributed by atoms with van der Waals surface area (Å²) in [5.41, 5.74) is -0.400. The minimum absolute atomic E-state index is 0.0125. The number of hydrogen-bond donors (Lipinski definition) is 1. The second kappa shape index (κ2) is 5.39. The molecular weight excluding hydrogens is 252 g/mol. The smallest absolute Gasteiger partial charge is 0.328 e. The number of hydrogen-bond acceptors (Lipinski definition) is 7. The lowest BCUT2D eigenvalue weighted by atomic mass is 10.3. The van der Waals surface area contributed by atoms with Crippen molar-refractivity contribution < 1.29 is 14.5 Å². The van der Waals surface area contributed by atoms with Gasteiger partial charge in [0.25, 0.3) is 0 Å². The molecule has 1 heterocycles. The zero-order valence-electron chi connectivity index (χ0n) is 9.01. The van der Waals surface area contributed by atoms with Gasteiger partial charge in [0.2, 0.25) is 11.1 Å². The Morgan fingerprint density at radius 3 is 2.82 bits per heavy atom. The normalized spacial score (nSPS) is 11.7. The van der Waals surface area contributed by atoms with E-state index in [2.05, 4.69) is 20.0 Å². The molecule has 92 valence electrons. The molecule has 1 aromatic rings. The van der Waals surface area contributed by atoms with Crippen molar-refractivity contribution in [1.82, 2.24) is 9.97 Å². The highest BCUT2D eigenvalue weighted by molar-refractivity contribution is 6.31. The average molecular weight is 261 g/mol. The topological polar surface area (TPSA) is 107 Å². The number of anilines is 1. The van der Waals surface area contributed by atoms with Gasteiger partial charge < -0.3 is 10.1 Å². The molecule has 0 radical (unpaired) electrons. The van der Waals surface area contributed by atoms with Gasteiger partial charge >= 0.3 is 11.7 Å². The lowest BCUT2D eigenvalue weighted by Gasteiger charge is -2.10. The summed E-state index contributed by atoms with van der Waals surface area (Å²) >= 11 is 5.57.